The Morgan fingerprint density at radius 1 is 1.43 bits per heavy atom. The van der Waals surface area contributed by atoms with E-state index in [1.165, 1.54) is 17.7 Å². The van der Waals surface area contributed by atoms with Gasteiger partial charge < -0.3 is 10.4 Å². The summed E-state index contributed by atoms with van der Waals surface area (Å²) < 4.78 is 1.92. The molecule has 114 valence electrons. The third-order valence-electron chi connectivity index (χ3n) is 4.00. The Morgan fingerprint density at radius 2 is 2.29 bits per heavy atom. The number of hydrogen-bond acceptors (Lipinski definition) is 6. The minimum Gasteiger partial charge on any atom is -0.390 e. The van der Waals surface area contributed by atoms with Crippen molar-refractivity contribution in [2.75, 3.05) is 0 Å². The molecule has 0 aliphatic heterocycles. The van der Waals surface area contributed by atoms with Gasteiger partial charge in [-0.1, -0.05) is 18.1 Å². The molecule has 0 spiro atoms. The van der Waals surface area contributed by atoms with Crippen molar-refractivity contribution in [3.05, 3.63) is 28.0 Å². The first-order chi connectivity index (χ1) is 10.3. The smallest absolute Gasteiger partial charge is 0.108 e. The number of aliphatic hydroxyl groups is 1. The fourth-order valence-electron chi connectivity index (χ4n) is 2.93. The highest BCUT2D eigenvalue weighted by molar-refractivity contribution is 7.11. The van der Waals surface area contributed by atoms with Crippen molar-refractivity contribution in [2.45, 2.75) is 57.8 Å². The minimum absolute atomic E-state index is 0.0506. The summed E-state index contributed by atoms with van der Waals surface area (Å²) in [6.45, 7) is 2.84. The molecule has 1 aliphatic rings. The summed E-state index contributed by atoms with van der Waals surface area (Å²) in [5.74, 6) is 0. The molecule has 2 aromatic heterocycles. The van der Waals surface area contributed by atoms with E-state index < -0.39 is 0 Å². The SMILES string of the molecule is Cc1ncc(CN[C@H]2CCCC[C@H]2n2cc(CO)nn2)s1. The second-order valence-corrected chi connectivity index (χ2v) is 6.85. The highest BCUT2D eigenvalue weighted by atomic mass is 32.1. The number of nitrogens with zero attached hydrogens (tertiary/aromatic N) is 4. The highest BCUT2D eigenvalue weighted by Gasteiger charge is 2.27. The van der Waals surface area contributed by atoms with Crippen LogP contribution in [0.1, 0.15) is 47.3 Å². The van der Waals surface area contributed by atoms with Gasteiger partial charge >= 0.3 is 0 Å². The summed E-state index contributed by atoms with van der Waals surface area (Å²) >= 11 is 1.74. The van der Waals surface area contributed by atoms with E-state index in [4.69, 9.17) is 5.11 Å². The molecule has 2 N–H and O–H groups in total. The van der Waals surface area contributed by atoms with Gasteiger partial charge in [-0.2, -0.15) is 0 Å². The number of aryl methyl sites for hydroxylation is 1. The lowest BCUT2D eigenvalue weighted by atomic mass is 9.90. The van der Waals surface area contributed by atoms with Crippen molar-refractivity contribution in [1.82, 2.24) is 25.3 Å². The molecular formula is C14H21N5OS. The van der Waals surface area contributed by atoms with Crippen LogP contribution in [0.2, 0.25) is 0 Å². The van der Waals surface area contributed by atoms with Gasteiger partial charge in [-0.25, -0.2) is 9.67 Å². The number of rotatable bonds is 5. The molecule has 2 atom stereocenters. The Bertz CT molecular complexity index is 581. The molecule has 0 amide bonds. The van der Waals surface area contributed by atoms with Gasteiger partial charge in [0.15, 0.2) is 0 Å². The molecule has 1 fully saturated rings. The fourth-order valence-corrected chi connectivity index (χ4v) is 3.68. The van der Waals surface area contributed by atoms with Crippen molar-refractivity contribution in [3.8, 4) is 0 Å². The van der Waals surface area contributed by atoms with Crippen molar-refractivity contribution in [2.24, 2.45) is 0 Å². The summed E-state index contributed by atoms with van der Waals surface area (Å²) in [6.07, 6.45) is 8.53. The second kappa shape index (κ2) is 6.64. The van der Waals surface area contributed by atoms with E-state index in [1.807, 2.05) is 24.0 Å². The quantitative estimate of drug-likeness (QED) is 0.881. The molecule has 21 heavy (non-hydrogen) atoms. The monoisotopic (exact) mass is 307 g/mol. The molecule has 0 bridgehead atoms. The van der Waals surface area contributed by atoms with Crippen molar-refractivity contribution >= 4 is 11.3 Å². The number of thiazole rings is 1. The normalized spacial score (nSPS) is 22.6. The second-order valence-electron chi connectivity index (χ2n) is 5.53. The molecule has 1 saturated carbocycles. The lowest BCUT2D eigenvalue weighted by molar-refractivity contribution is 0.242. The minimum atomic E-state index is -0.0506. The fraction of sp³-hybridized carbons (Fsp3) is 0.643. The van der Waals surface area contributed by atoms with Crippen LogP contribution in [0.5, 0.6) is 0 Å². The predicted molar refractivity (Wildman–Crippen MR) is 80.9 cm³/mol. The molecule has 2 heterocycles. The molecule has 0 unspecified atom stereocenters. The lowest BCUT2D eigenvalue weighted by Crippen LogP contribution is -2.39. The Balaban J connectivity index is 1.66. The molecule has 0 saturated heterocycles. The van der Waals surface area contributed by atoms with E-state index in [2.05, 4.69) is 20.6 Å². The summed E-state index contributed by atoms with van der Waals surface area (Å²) in [5.41, 5.74) is 0.636. The number of hydrogen-bond donors (Lipinski definition) is 2. The van der Waals surface area contributed by atoms with Gasteiger partial charge in [0.1, 0.15) is 5.69 Å². The number of aliphatic hydroxyl groups excluding tert-OH is 1. The van der Waals surface area contributed by atoms with Crippen LogP contribution in [0, 0.1) is 6.92 Å². The summed E-state index contributed by atoms with van der Waals surface area (Å²) in [5, 5.41) is 22.1. The molecule has 3 rings (SSSR count). The summed E-state index contributed by atoms with van der Waals surface area (Å²) in [6, 6.07) is 0.718. The molecule has 6 nitrogen and oxygen atoms in total. The van der Waals surface area contributed by atoms with Crippen molar-refractivity contribution < 1.29 is 5.11 Å². The van der Waals surface area contributed by atoms with Crippen molar-refractivity contribution in [1.29, 1.82) is 0 Å². The topological polar surface area (TPSA) is 75.9 Å². The first-order valence-electron chi connectivity index (χ1n) is 7.42. The molecule has 1 aliphatic carbocycles. The molecule has 0 aromatic carbocycles. The molecule has 2 aromatic rings. The Labute approximate surface area is 128 Å². The van der Waals surface area contributed by atoms with E-state index in [9.17, 15) is 0 Å². The summed E-state index contributed by atoms with van der Waals surface area (Å²) in [4.78, 5) is 5.57. The third kappa shape index (κ3) is 3.48. The van der Waals surface area contributed by atoms with Gasteiger partial charge in [-0.15, -0.1) is 16.4 Å². The number of aromatic nitrogens is 4. The highest BCUT2D eigenvalue weighted by Crippen LogP contribution is 2.28. The average molecular weight is 307 g/mol. The van der Waals surface area contributed by atoms with Crippen LogP contribution in [-0.4, -0.2) is 31.1 Å². The zero-order chi connectivity index (χ0) is 14.7. The van der Waals surface area contributed by atoms with Crippen LogP contribution in [0.3, 0.4) is 0 Å². The average Bonchev–Trinajstić information content (AvgIpc) is 3.14. The van der Waals surface area contributed by atoms with Crippen LogP contribution in [-0.2, 0) is 13.2 Å². The largest absolute Gasteiger partial charge is 0.390 e. The van der Waals surface area contributed by atoms with E-state index in [0.717, 1.165) is 24.4 Å². The van der Waals surface area contributed by atoms with E-state index >= 15 is 0 Å². The van der Waals surface area contributed by atoms with Gasteiger partial charge in [0.05, 0.1) is 23.9 Å². The van der Waals surface area contributed by atoms with Crippen molar-refractivity contribution in [3.63, 3.8) is 0 Å². The zero-order valence-corrected chi connectivity index (χ0v) is 13.0. The number of nitrogens with one attached hydrogen (secondary N) is 1. The Hall–Kier alpha value is -1.31. The predicted octanol–water partition coefficient (Wildman–Crippen LogP) is 1.81. The zero-order valence-electron chi connectivity index (χ0n) is 12.2. The summed E-state index contributed by atoms with van der Waals surface area (Å²) in [7, 11) is 0. The maximum atomic E-state index is 9.13. The van der Waals surface area contributed by atoms with E-state index in [-0.39, 0.29) is 6.61 Å². The van der Waals surface area contributed by atoms with Crippen LogP contribution >= 0.6 is 11.3 Å². The molecular weight excluding hydrogens is 286 g/mol. The Kier molecular flexibility index (Phi) is 4.62. The van der Waals surface area contributed by atoms with E-state index in [0.29, 0.717) is 17.8 Å². The first-order valence-corrected chi connectivity index (χ1v) is 8.24. The van der Waals surface area contributed by atoms with Gasteiger partial charge in [0, 0.05) is 23.7 Å². The lowest BCUT2D eigenvalue weighted by Gasteiger charge is -2.32. The van der Waals surface area contributed by atoms with Crippen LogP contribution in [0.15, 0.2) is 12.4 Å². The van der Waals surface area contributed by atoms with Gasteiger partial charge in [-0.05, 0) is 19.8 Å². The molecule has 7 heteroatoms. The van der Waals surface area contributed by atoms with Crippen LogP contribution < -0.4 is 5.32 Å². The maximum Gasteiger partial charge on any atom is 0.108 e. The van der Waals surface area contributed by atoms with Gasteiger partial charge in [0.2, 0.25) is 0 Å². The maximum absolute atomic E-state index is 9.13. The Morgan fingerprint density at radius 3 is 3.00 bits per heavy atom. The molecule has 0 radical (unpaired) electrons. The first kappa shape index (κ1) is 14.6. The third-order valence-corrected chi connectivity index (χ3v) is 4.91. The van der Waals surface area contributed by atoms with Gasteiger partial charge in [-0.3, -0.25) is 0 Å². The van der Waals surface area contributed by atoms with Gasteiger partial charge in [0.25, 0.3) is 0 Å². The van der Waals surface area contributed by atoms with Crippen LogP contribution in [0.25, 0.3) is 0 Å². The van der Waals surface area contributed by atoms with E-state index in [1.54, 1.807) is 11.3 Å². The van der Waals surface area contributed by atoms with Crippen LogP contribution in [0.4, 0.5) is 0 Å². The standard InChI is InChI=1S/C14H21N5OS/c1-10-15-6-12(21-10)7-16-13-4-2-3-5-14(13)19-8-11(9-20)17-18-19/h6,8,13-14,16,20H,2-5,7,9H2,1H3/t13-,14+/m0/s1.